The van der Waals surface area contributed by atoms with Crippen molar-refractivity contribution in [1.29, 1.82) is 0 Å². The van der Waals surface area contributed by atoms with Gasteiger partial charge in [-0.3, -0.25) is 9.59 Å². The molecule has 0 aromatic carbocycles. The molecule has 5 heteroatoms. The molecule has 3 fully saturated rings. The highest BCUT2D eigenvalue weighted by atomic mass is 16.3. The van der Waals surface area contributed by atoms with Crippen LogP contribution in [0, 0.1) is 39.4 Å². The van der Waals surface area contributed by atoms with Crippen LogP contribution in [0.3, 0.4) is 0 Å². The van der Waals surface area contributed by atoms with Crippen LogP contribution < -0.4 is 0 Å². The van der Waals surface area contributed by atoms with Crippen molar-refractivity contribution in [3.05, 3.63) is 11.6 Å². The molecule has 9 atom stereocenters. The molecule has 0 saturated heterocycles. The molecular weight excluding hydrogens is 368 g/mol. The van der Waals surface area contributed by atoms with E-state index in [0.717, 1.165) is 5.57 Å². The van der Waals surface area contributed by atoms with Gasteiger partial charge in [0.1, 0.15) is 11.6 Å². The van der Waals surface area contributed by atoms with E-state index in [2.05, 4.69) is 13.0 Å². The Bertz CT molecular complexity index is 799. The largest absolute Gasteiger partial charge is 0.392 e. The zero-order valence-corrected chi connectivity index (χ0v) is 18.5. The maximum atomic E-state index is 13.8. The summed E-state index contributed by atoms with van der Waals surface area (Å²) < 4.78 is 0. The van der Waals surface area contributed by atoms with Gasteiger partial charge in [-0.1, -0.05) is 46.3 Å². The predicted molar refractivity (Wildman–Crippen MR) is 109 cm³/mol. The van der Waals surface area contributed by atoms with Gasteiger partial charge in [0.15, 0.2) is 0 Å². The van der Waals surface area contributed by atoms with Gasteiger partial charge in [0.25, 0.3) is 0 Å². The molecule has 0 amide bonds. The van der Waals surface area contributed by atoms with Crippen LogP contribution in [0.25, 0.3) is 0 Å². The van der Waals surface area contributed by atoms with Crippen molar-refractivity contribution >= 4 is 11.6 Å². The topological polar surface area (TPSA) is 94.8 Å². The Balaban J connectivity index is 1.87. The fraction of sp³-hybridized carbons (Fsp3) is 0.833. The van der Waals surface area contributed by atoms with E-state index in [0.29, 0.717) is 19.3 Å². The average molecular weight is 405 g/mol. The smallest absolute Gasteiger partial charge is 0.140 e. The number of carbonyl (C=O) groups excluding carboxylic acids is 2. The minimum Gasteiger partial charge on any atom is -0.392 e. The molecule has 29 heavy (non-hydrogen) atoms. The van der Waals surface area contributed by atoms with Crippen molar-refractivity contribution in [3.8, 4) is 0 Å². The van der Waals surface area contributed by atoms with Crippen LogP contribution in [-0.4, -0.2) is 45.2 Å². The number of carbonyl (C=O) groups is 2. The van der Waals surface area contributed by atoms with E-state index in [9.17, 15) is 24.9 Å². The van der Waals surface area contributed by atoms with Crippen molar-refractivity contribution in [1.82, 2.24) is 0 Å². The van der Waals surface area contributed by atoms with Gasteiger partial charge in [0.05, 0.1) is 18.3 Å². The van der Waals surface area contributed by atoms with Gasteiger partial charge in [-0.2, -0.15) is 0 Å². The number of Topliss-reactive ketones (excluding diaryl/α,β-unsaturated/α-hetero) is 2. The van der Waals surface area contributed by atoms with Gasteiger partial charge in [-0.15, -0.1) is 0 Å². The number of rotatable bonds is 1. The molecule has 3 N–H and O–H groups in total. The molecule has 4 aliphatic rings. The molecule has 0 spiro atoms. The first-order valence-corrected chi connectivity index (χ1v) is 11.0. The summed E-state index contributed by atoms with van der Waals surface area (Å²) in [5.41, 5.74) is -1.08. The molecule has 0 aromatic rings. The van der Waals surface area contributed by atoms with Crippen LogP contribution in [0.2, 0.25) is 0 Å². The van der Waals surface area contributed by atoms with Crippen LogP contribution >= 0.6 is 0 Å². The monoisotopic (exact) mass is 404 g/mol. The maximum absolute atomic E-state index is 13.8. The van der Waals surface area contributed by atoms with Gasteiger partial charge in [-0.05, 0) is 48.9 Å². The van der Waals surface area contributed by atoms with E-state index >= 15 is 0 Å². The molecule has 0 heterocycles. The maximum Gasteiger partial charge on any atom is 0.140 e. The SMILES string of the molecule is CC(=O)C1C(O)CC2(C)C3CC=C4C(CC(O)C(O)C4(C)C)C3(C)C(=O)CC12C. The third-order valence-electron chi connectivity index (χ3n) is 10.1. The molecule has 4 aliphatic carbocycles. The summed E-state index contributed by atoms with van der Waals surface area (Å²) in [5.74, 6) is -0.548. The molecule has 0 bridgehead atoms. The summed E-state index contributed by atoms with van der Waals surface area (Å²) in [6, 6.07) is 0. The number of ketones is 2. The quantitative estimate of drug-likeness (QED) is 0.584. The number of hydrogen-bond donors (Lipinski definition) is 3. The van der Waals surface area contributed by atoms with Crippen LogP contribution in [0.1, 0.15) is 67.2 Å². The van der Waals surface area contributed by atoms with Gasteiger partial charge in [0, 0.05) is 23.2 Å². The first kappa shape index (κ1) is 21.2. The van der Waals surface area contributed by atoms with E-state index in [1.165, 1.54) is 6.92 Å². The second kappa shape index (κ2) is 6.02. The molecule has 5 nitrogen and oxygen atoms in total. The zero-order chi connectivity index (χ0) is 21.7. The lowest BCUT2D eigenvalue weighted by atomic mass is 9.39. The fourth-order valence-corrected chi connectivity index (χ4v) is 8.28. The Labute approximate surface area is 173 Å². The third-order valence-corrected chi connectivity index (χ3v) is 10.1. The van der Waals surface area contributed by atoms with Crippen molar-refractivity contribution in [2.24, 2.45) is 39.4 Å². The van der Waals surface area contributed by atoms with Crippen LogP contribution in [0.4, 0.5) is 0 Å². The fourth-order valence-electron chi connectivity index (χ4n) is 8.28. The van der Waals surface area contributed by atoms with Gasteiger partial charge in [0.2, 0.25) is 0 Å². The van der Waals surface area contributed by atoms with Crippen LogP contribution in [0.15, 0.2) is 11.6 Å². The number of fused-ring (bicyclic) bond motifs is 5. The second-order valence-corrected chi connectivity index (χ2v) is 11.5. The minimum absolute atomic E-state index is 0.00718. The van der Waals surface area contributed by atoms with E-state index in [4.69, 9.17) is 0 Å². The predicted octanol–water partition coefficient (Wildman–Crippen LogP) is 2.66. The minimum atomic E-state index is -0.865. The molecule has 4 rings (SSSR count). The normalized spacial score (nSPS) is 53.6. The third kappa shape index (κ3) is 2.33. The first-order valence-electron chi connectivity index (χ1n) is 11.0. The van der Waals surface area contributed by atoms with Gasteiger partial charge in [-0.25, -0.2) is 0 Å². The molecule has 0 radical (unpaired) electrons. The lowest BCUT2D eigenvalue weighted by molar-refractivity contribution is -0.176. The molecule has 9 unspecified atom stereocenters. The van der Waals surface area contributed by atoms with E-state index in [1.54, 1.807) is 0 Å². The first-order chi connectivity index (χ1) is 13.2. The highest BCUT2D eigenvalue weighted by molar-refractivity contribution is 5.90. The summed E-state index contributed by atoms with van der Waals surface area (Å²) in [7, 11) is 0. The zero-order valence-electron chi connectivity index (χ0n) is 18.5. The Morgan fingerprint density at radius 1 is 1.03 bits per heavy atom. The number of aliphatic hydroxyl groups excluding tert-OH is 3. The van der Waals surface area contributed by atoms with Crippen LogP contribution in [0.5, 0.6) is 0 Å². The Kier molecular flexibility index (Phi) is 4.40. The standard InChI is InChI=1S/C24H36O5/c1-12(25)19-16(27)10-22(4)17-8-7-13-14(9-15(26)20(29)21(13,2)3)24(17,6)18(28)11-23(19,22)5/h7,14-17,19-20,26-27,29H,8-11H2,1-6H3. The second-order valence-electron chi connectivity index (χ2n) is 11.5. The summed E-state index contributed by atoms with van der Waals surface area (Å²) in [6.45, 7) is 11.7. The summed E-state index contributed by atoms with van der Waals surface area (Å²) in [6.07, 6.45) is 1.62. The van der Waals surface area contributed by atoms with Crippen LogP contribution in [-0.2, 0) is 9.59 Å². The highest BCUT2D eigenvalue weighted by Gasteiger charge is 2.72. The summed E-state index contributed by atoms with van der Waals surface area (Å²) in [5, 5.41) is 32.1. The summed E-state index contributed by atoms with van der Waals surface area (Å²) >= 11 is 0. The van der Waals surface area contributed by atoms with Crippen molar-refractivity contribution in [2.45, 2.75) is 85.5 Å². The highest BCUT2D eigenvalue weighted by Crippen LogP contribution is 2.73. The number of allylic oxidation sites excluding steroid dienone is 1. The number of hydrogen-bond acceptors (Lipinski definition) is 5. The lowest BCUT2D eigenvalue weighted by Crippen LogP contribution is -2.64. The van der Waals surface area contributed by atoms with E-state index < -0.39 is 40.5 Å². The van der Waals surface area contributed by atoms with Crippen molar-refractivity contribution in [3.63, 3.8) is 0 Å². The molecule has 0 aromatic heterocycles. The number of aliphatic hydroxyl groups is 3. The molecule has 162 valence electrons. The molecular formula is C24H36O5. The van der Waals surface area contributed by atoms with E-state index in [-0.39, 0.29) is 35.2 Å². The lowest BCUT2D eigenvalue weighted by Gasteiger charge is -2.64. The molecule has 0 aliphatic heterocycles. The Hall–Kier alpha value is -1.04. The summed E-state index contributed by atoms with van der Waals surface area (Å²) in [4.78, 5) is 26.3. The Morgan fingerprint density at radius 3 is 2.24 bits per heavy atom. The van der Waals surface area contributed by atoms with E-state index in [1.807, 2.05) is 27.7 Å². The average Bonchev–Trinajstić information content (AvgIpc) is 2.79. The Morgan fingerprint density at radius 2 is 1.66 bits per heavy atom. The molecule has 3 saturated carbocycles. The van der Waals surface area contributed by atoms with Gasteiger partial charge < -0.3 is 15.3 Å². The van der Waals surface area contributed by atoms with Crippen molar-refractivity contribution in [2.75, 3.05) is 0 Å². The van der Waals surface area contributed by atoms with Crippen molar-refractivity contribution < 1.29 is 24.9 Å². The van der Waals surface area contributed by atoms with Gasteiger partial charge >= 0.3 is 0 Å².